The van der Waals surface area contributed by atoms with E-state index >= 15 is 0 Å². The van der Waals surface area contributed by atoms with Crippen LogP contribution in [0.15, 0.2) is 48.5 Å². The number of hydrogen-bond donors (Lipinski definition) is 1. The van der Waals surface area contributed by atoms with Gasteiger partial charge in [-0.1, -0.05) is 12.1 Å². The Morgan fingerprint density at radius 1 is 1.14 bits per heavy atom. The van der Waals surface area contributed by atoms with Gasteiger partial charge in [-0.15, -0.1) is 0 Å². The lowest BCUT2D eigenvalue weighted by molar-refractivity contribution is -0.116. The topological polar surface area (TPSA) is 65.4 Å². The Hall–Kier alpha value is -2.86. The van der Waals surface area contributed by atoms with E-state index in [0.717, 1.165) is 41.1 Å². The second-order valence-electron chi connectivity index (χ2n) is 7.13. The molecule has 1 saturated carbocycles. The lowest BCUT2D eigenvalue weighted by atomic mass is 10.2. The summed E-state index contributed by atoms with van der Waals surface area (Å²) in [4.78, 5) is 17.2. The van der Waals surface area contributed by atoms with Crippen molar-refractivity contribution in [3.8, 4) is 5.75 Å². The maximum absolute atomic E-state index is 12.6. The molecule has 4 rings (SSSR count). The van der Waals surface area contributed by atoms with Gasteiger partial charge < -0.3 is 19.4 Å². The zero-order chi connectivity index (χ0) is 19.3. The van der Waals surface area contributed by atoms with Crippen molar-refractivity contribution in [3.05, 3.63) is 54.4 Å². The van der Waals surface area contributed by atoms with Crippen molar-refractivity contribution in [3.63, 3.8) is 0 Å². The monoisotopic (exact) mass is 379 g/mol. The number of carbonyl (C=O) groups excluding carboxylic acids is 1. The minimum Gasteiger partial charge on any atom is -0.490 e. The van der Waals surface area contributed by atoms with Gasteiger partial charge in [-0.3, -0.25) is 4.79 Å². The summed E-state index contributed by atoms with van der Waals surface area (Å²) in [7, 11) is 1.62. The molecule has 1 amide bonds. The van der Waals surface area contributed by atoms with Crippen molar-refractivity contribution in [1.29, 1.82) is 0 Å². The first kappa shape index (κ1) is 18.5. The van der Waals surface area contributed by atoms with Crippen LogP contribution >= 0.6 is 0 Å². The number of imidazole rings is 1. The Bertz CT molecular complexity index is 943. The van der Waals surface area contributed by atoms with Crippen molar-refractivity contribution in [1.82, 2.24) is 9.55 Å². The lowest BCUT2D eigenvalue weighted by Gasteiger charge is -2.14. The number of nitrogens with one attached hydrogen (secondary N) is 1. The van der Waals surface area contributed by atoms with E-state index < -0.39 is 0 Å². The van der Waals surface area contributed by atoms with Crippen LogP contribution in [0.5, 0.6) is 5.75 Å². The third-order valence-corrected chi connectivity index (χ3v) is 5.05. The van der Waals surface area contributed by atoms with Crippen molar-refractivity contribution < 1.29 is 14.3 Å². The maximum Gasteiger partial charge on any atom is 0.244 e. The van der Waals surface area contributed by atoms with Crippen molar-refractivity contribution in [2.45, 2.75) is 44.9 Å². The number of amides is 1. The number of aromatic nitrogens is 2. The van der Waals surface area contributed by atoms with E-state index in [9.17, 15) is 4.79 Å². The summed E-state index contributed by atoms with van der Waals surface area (Å²) in [6.45, 7) is 0.536. The van der Waals surface area contributed by atoms with Crippen LogP contribution in [0.25, 0.3) is 11.0 Å². The first-order chi connectivity index (χ1) is 13.7. The van der Waals surface area contributed by atoms with Crippen LogP contribution < -0.4 is 10.1 Å². The van der Waals surface area contributed by atoms with E-state index in [1.54, 1.807) is 7.11 Å². The van der Waals surface area contributed by atoms with E-state index in [-0.39, 0.29) is 12.5 Å². The van der Waals surface area contributed by atoms with Crippen LogP contribution in [0.3, 0.4) is 0 Å². The van der Waals surface area contributed by atoms with Crippen LogP contribution in [0, 0.1) is 0 Å². The highest BCUT2D eigenvalue weighted by molar-refractivity contribution is 5.91. The molecule has 1 fully saturated rings. The summed E-state index contributed by atoms with van der Waals surface area (Å²) in [6.07, 6.45) is 5.07. The molecule has 0 aliphatic heterocycles. The van der Waals surface area contributed by atoms with Gasteiger partial charge in [0, 0.05) is 12.8 Å². The first-order valence-corrected chi connectivity index (χ1v) is 9.72. The summed E-state index contributed by atoms with van der Waals surface area (Å²) >= 11 is 0. The molecule has 1 N–H and O–H groups in total. The summed E-state index contributed by atoms with van der Waals surface area (Å²) in [6, 6.07) is 15.4. The van der Waals surface area contributed by atoms with Crippen LogP contribution in [-0.4, -0.2) is 28.7 Å². The Labute approximate surface area is 164 Å². The molecule has 1 aromatic heterocycles. The largest absolute Gasteiger partial charge is 0.490 e. The Morgan fingerprint density at radius 2 is 1.89 bits per heavy atom. The Kier molecular flexibility index (Phi) is 5.58. The molecule has 0 unspecified atom stereocenters. The Balaban J connectivity index is 1.43. The van der Waals surface area contributed by atoms with Crippen molar-refractivity contribution in [2.75, 3.05) is 12.4 Å². The van der Waals surface area contributed by atoms with E-state index in [1.165, 1.54) is 12.8 Å². The molecule has 0 spiro atoms. The van der Waals surface area contributed by atoms with Gasteiger partial charge in [0.05, 0.1) is 17.1 Å². The van der Waals surface area contributed by atoms with Crippen molar-refractivity contribution >= 4 is 22.6 Å². The molecule has 28 heavy (non-hydrogen) atoms. The van der Waals surface area contributed by atoms with E-state index in [4.69, 9.17) is 9.47 Å². The number of anilines is 1. The molecule has 6 nitrogen and oxygen atoms in total. The fourth-order valence-electron chi connectivity index (χ4n) is 3.70. The summed E-state index contributed by atoms with van der Waals surface area (Å²) in [5.74, 6) is 1.48. The molecule has 1 heterocycles. The first-order valence-electron chi connectivity index (χ1n) is 9.72. The summed E-state index contributed by atoms with van der Waals surface area (Å²) in [5.41, 5.74) is 2.53. The second kappa shape index (κ2) is 8.44. The zero-order valence-corrected chi connectivity index (χ0v) is 16.1. The number of hydrogen-bond acceptors (Lipinski definition) is 4. The van der Waals surface area contributed by atoms with E-state index in [2.05, 4.69) is 10.3 Å². The molecular weight excluding hydrogens is 354 g/mol. The highest BCUT2D eigenvalue weighted by Gasteiger charge is 2.17. The number of ether oxygens (including phenoxy) is 2. The number of rotatable bonds is 7. The van der Waals surface area contributed by atoms with Gasteiger partial charge in [0.1, 0.15) is 24.7 Å². The molecule has 0 radical (unpaired) electrons. The van der Waals surface area contributed by atoms with Gasteiger partial charge >= 0.3 is 0 Å². The van der Waals surface area contributed by atoms with Crippen LogP contribution in [0.2, 0.25) is 0 Å². The molecule has 0 saturated heterocycles. The normalized spacial score (nSPS) is 14.5. The SMILES string of the molecule is COCc1nc2ccccc2n1CC(=O)Nc1ccc(OC2CCCC2)cc1. The number of para-hydroxylation sites is 2. The number of methoxy groups -OCH3 is 1. The average molecular weight is 379 g/mol. The number of fused-ring (bicyclic) bond motifs is 1. The average Bonchev–Trinajstić information content (AvgIpc) is 3.32. The van der Waals surface area contributed by atoms with Crippen molar-refractivity contribution in [2.24, 2.45) is 0 Å². The Morgan fingerprint density at radius 3 is 2.64 bits per heavy atom. The van der Waals surface area contributed by atoms with Crippen LogP contribution in [-0.2, 0) is 22.7 Å². The molecular formula is C22H25N3O3. The van der Waals surface area contributed by atoms with Gasteiger partial charge in [0.15, 0.2) is 0 Å². The third-order valence-electron chi connectivity index (χ3n) is 5.05. The quantitative estimate of drug-likeness (QED) is 0.670. The second-order valence-corrected chi connectivity index (χ2v) is 7.13. The highest BCUT2D eigenvalue weighted by Crippen LogP contribution is 2.25. The number of benzene rings is 2. The van der Waals surface area contributed by atoms with E-state index in [0.29, 0.717) is 12.7 Å². The molecule has 1 aliphatic rings. The molecule has 6 heteroatoms. The zero-order valence-electron chi connectivity index (χ0n) is 16.1. The van der Waals surface area contributed by atoms with Gasteiger partial charge in [-0.25, -0.2) is 4.98 Å². The molecule has 3 aromatic rings. The third kappa shape index (κ3) is 4.17. The van der Waals surface area contributed by atoms with Crippen LogP contribution in [0.4, 0.5) is 5.69 Å². The number of nitrogens with zero attached hydrogens (tertiary/aromatic N) is 2. The van der Waals surface area contributed by atoms with Gasteiger partial charge in [0.2, 0.25) is 5.91 Å². The fraction of sp³-hybridized carbons (Fsp3) is 0.364. The van der Waals surface area contributed by atoms with Crippen LogP contribution in [0.1, 0.15) is 31.5 Å². The summed E-state index contributed by atoms with van der Waals surface area (Å²) in [5, 5.41) is 2.95. The lowest BCUT2D eigenvalue weighted by Crippen LogP contribution is -2.20. The minimum absolute atomic E-state index is 0.107. The fourth-order valence-corrected chi connectivity index (χ4v) is 3.70. The number of carbonyl (C=O) groups is 1. The highest BCUT2D eigenvalue weighted by atomic mass is 16.5. The van der Waals surface area contributed by atoms with Gasteiger partial charge in [0.25, 0.3) is 0 Å². The van der Waals surface area contributed by atoms with E-state index in [1.807, 2.05) is 53.1 Å². The van der Waals surface area contributed by atoms with Gasteiger partial charge in [-0.2, -0.15) is 0 Å². The standard InChI is InChI=1S/C22H25N3O3/c1-27-15-21-24-19-8-4-5-9-20(19)25(21)14-22(26)23-16-10-12-18(13-11-16)28-17-6-2-3-7-17/h4-5,8-13,17H,2-3,6-7,14-15H2,1H3,(H,23,26). The summed E-state index contributed by atoms with van der Waals surface area (Å²) < 4.78 is 13.1. The molecule has 0 bridgehead atoms. The maximum atomic E-state index is 12.6. The predicted molar refractivity (Wildman–Crippen MR) is 108 cm³/mol. The molecule has 146 valence electrons. The molecule has 0 atom stereocenters. The van der Waals surface area contributed by atoms with Gasteiger partial charge in [-0.05, 0) is 62.1 Å². The predicted octanol–water partition coefficient (Wildman–Crippen LogP) is 4.14. The smallest absolute Gasteiger partial charge is 0.244 e. The minimum atomic E-state index is -0.107. The molecule has 2 aromatic carbocycles. The molecule has 1 aliphatic carbocycles.